The number of hydrogen-bond acceptors (Lipinski definition) is 6. The molecular weight excluding hydrogens is 302 g/mol. The van der Waals surface area contributed by atoms with E-state index < -0.39 is 0 Å². The third-order valence-corrected chi connectivity index (χ3v) is 4.09. The molecule has 22 heavy (non-hydrogen) atoms. The van der Waals surface area contributed by atoms with Gasteiger partial charge in [-0.1, -0.05) is 17.8 Å². The molecule has 6 nitrogen and oxygen atoms in total. The second-order valence-electron chi connectivity index (χ2n) is 4.61. The quantitative estimate of drug-likeness (QED) is 0.443. The zero-order chi connectivity index (χ0) is 16.1. The topological polar surface area (TPSA) is 70.2 Å². The Bertz CT molecular complexity index is 663. The van der Waals surface area contributed by atoms with Gasteiger partial charge in [-0.3, -0.25) is 9.36 Å². The van der Waals surface area contributed by atoms with Crippen molar-refractivity contribution in [3.05, 3.63) is 30.7 Å². The fraction of sp³-hybridized carbons (Fsp3) is 0.400. The molecule has 0 amide bonds. The summed E-state index contributed by atoms with van der Waals surface area (Å²) in [7, 11) is 0. The molecule has 2 heterocycles. The minimum absolute atomic E-state index is 0.262. The largest absolute Gasteiger partial charge is 0.469 e. The van der Waals surface area contributed by atoms with Crippen molar-refractivity contribution in [2.75, 3.05) is 6.61 Å². The number of carbonyl (C=O) groups excluding carboxylic acids is 1. The zero-order valence-corrected chi connectivity index (χ0v) is 13.7. The first-order chi connectivity index (χ1) is 10.6. The number of esters is 1. The number of rotatable bonds is 7. The van der Waals surface area contributed by atoms with Crippen molar-refractivity contribution in [3.63, 3.8) is 0 Å². The highest BCUT2D eigenvalue weighted by atomic mass is 32.2. The van der Waals surface area contributed by atoms with Crippen LogP contribution in [0, 0.1) is 6.92 Å². The number of furan rings is 1. The summed E-state index contributed by atoms with van der Waals surface area (Å²) in [5.41, 5.74) is 0.880. The molecule has 0 bridgehead atoms. The molecule has 1 unspecified atom stereocenters. The van der Waals surface area contributed by atoms with E-state index in [0.29, 0.717) is 24.1 Å². The molecule has 0 fully saturated rings. The molecule has 0 saturated carbocycles. The van der Waals surface area contributed by atoms with Crippen molar-refractivity contribution >= 4 is 17.7 Å². The fourth-order valence-electron chi connectivity index (χ4n) is 1.95. The van der Waals surface area contributed by atoms with E-state index in [1.54, 1.807) is 26.2 Å². The SMILES string of the molecule is C=CCn1c(SC(C)C(=O)OCC)nnc1-c1ccoc1C. The van der Waals surface area contributed by atoms with Crippen LogP contribution in [0.3, 0.4) is 0 Å². The second kappa shape index (κ2) is 7.31. The van der Waals surface area contributed by atoms with E-state index in [0.717, 1.165) is 11.3 Å². The van der Waals surface area contributed by atoms with Crippen molar-refractivity contribution in [1.82, 2.24) is 14.8 Å². The molecule has 118 valence electrons. The lowest BCUT2D eigenvalue weighted by atomic mass is 10.2. The van der Waals surface area contributed by atoms with E-state index >= 15 is 0 Å². The van der Waals surface area contributed by atoms with Crippen molar-refractivity contribution < 1.29 is 13.9 Å². The van der Waals surface area contributed by atoms with Crippen LogP contribution < -0.4 is 0 Å². The van der Waals surface area contributed by atoms with E-state index in [9.17, 15) is 4.79 Å². The smallest absolute Gasteiger partial charge is 0.319 e. The number of nitrogens with zero attached hydrogens (tertiary/aromatic N) is 3. The van der Waals surface area contributed by atoms with E-state index in [1.165, 1.54) is 11.8 Å². The van der Waals surface area contributed by atoms with Gasteiger partial charge in [-0.25, -0.2) is 0 Å². The van der Waals surface area contributed by atoms with Gasteiger partial charge in [-0.05, 0) is 26.8 Å². The third-order valence-electron chi connectivity index (χ3n) is 3.03. The van der Waals surface area contributed by atoms with Crippen LogP contribution >= 0.6 is 11.8 Å². The maximum Gasteiger partial charge on any atom is 0.319 e. The molecule has 2 aromatic heterocycles. The van der Waals surface area contributed by atoms with Gasteiger partial charge in [-0.2, -0.15) is 0 Å². The Morgan fingerprint density at radius 1 is 1.59 bits per heavy atom. The Labute approximate surface area is 133 Å². The minimum Gasteiger partial charge on any atom is -0.469 e. The maximum atomic E-state index is 11.8. The van der Waals surface area contributed by atoms with Crippen molar-refractivity contribution in [1.29, 1.82) is 0 Å². The van der Waals surface area contributed by atoms with Crippen LogP contribution in [0.25, 0.3) is 11.4 Å². The molecule has 7 heteroatoms. The summed E-state index contributed by atoms with van der Waals surface area (Å²) in [6.07, 6.45) is 3.38. The predicted molar refractivity (Wildman–Crippen MR) is 84.6 cm³/mol. The summed E-state index contributed by atoms with van der Waals surface area (Å²) in [6.45, 7) is 10.1. The minimum atomic E-state index is -0.356. The first-order valence-corrected chi connectivity index (χ1v) is 7.88. The molecule has 1 atom stereocenters. The van der Waals surface area contributed by atoms with Gasteiger partial charge in [0.05, 0.1) is 18.4 Å². The van der Waals surface area contributed by atoms with Gasteiger partial charge < -0.3 is 9.15 Å². The molecule has 0 aliphatic carbocycles. The zero-order valence-electron chi connectivity index (χ0n) is 12.9. The summed E-state index contributed by atoms with van der Waals surface area (Å²) in [5.74, 6) is 1.21. The van der Waals surface area contributed by atoms with Crippen LogP contribution in [0.2, 0.25) is 0 Å². The van der Waals surface area contributed by atoms with E-state index in [1.807, 2.05) is 17.6 Å². The van der Waals surface area contributed by atoms with Gasteiger partial charge in [0.1, 0.15) is 11.0 Å². The first kappa shape index (κ1) is 16.4. The van der Waals surface area contributed by atoms with Crippen LogP contribution in [0.4, 0.5) is 0 Å². The van der Waals surface area contributed by atoms with Gasteiger partial charge >= 0.3 is 5.97 Å². The fourth-order valence-corrected chi connectivity index (χ4v) is 2.81. The standard InChI is InChI=1S/C15H19N3O3S/c1-5-8-18-13(12-7-9-21-10(12)3)16-17-15(18)22-11(4)14(19)20-6-2/h5,7,9,11H,1,6,8H2,2-4H3. The average Bonchev–Trinajstić information content (AvgIpc) is 3.06. The van der Waals surface area contributed by atoms with Gasteiger partial charge in [-0.15, -0.1) is 16.8 Å². The monoisotopic (exact) mass is 321 g/mol. The predicted octanol–water partition coefficient (Wildman–Crippen LogP) is 3.08. The van der Waals surface area contributed by atoms with Gasteiger partial charge in [0.2, 0.25) is 0 Å². The highest BCUT2D eigenvalue weighted by Crippen LogP contribution is 2.29. The van der Waals surface area contributed by atoms with Crippen molar-refractivity contribution in [2.24, 2.45) is 0 Å². The summed E-state index contributed by atoms with van der Waals surface area (Å²) in [4.78, 5) is 11.8. The van der Waals surface area contributed by atoms with Gasteiger partial charge in [0, 0.05) is 6.54 Å². The molecular formula is C15H19N3O3S. The number of ether oxygens (including phenoxy) is 1. The summed E-state index contributed by atoms with van der Waals surface area (Å²) < 4.78 is 12.3. The van der Waals surface area contributed by atoms with Gasteiger partial charge in [0.15, 0.2) is 11.0 Å². The molecule has 0 saturated heterocycles. The summed E-state index contributed by atoms with van der Waals surface area (Å²) in [6, 6.07) is 1.85. The lowest BCUT2D eigenvalue weighted by Crippen LogP contribution is -2.17. The van der Waals surface area contributed by atoms with Crippen LogP contribution in [0.15, 0.2) is 34.6 Å². The molecule has 0 spiro atoms. The molecule has 2 rings (SSSR count). The number of aromatic nitrogens is 3. The van der Waals surface area contributed by atoms with Crippen LogP contribution in [-0.2, 0) is 16.1 Å². The number of aryl methyl sites for hydroxylation is 1. The van der Waals surface area contributed by atoms with E-state index in [2.05, 4.69) is 16.8 Å². The summed E-state index contributed by atoms with van der Waals surface area (Å²) in [5, 5.41) is 8.72. The highest BCUT2D eigenvalue weighted by Gasteiger charge is 2.22. The Morgan fingerprint density at radius 2 is 2.36 bits per heavy atom. The molecule has 0 aromatic carbocycles. The van der Waals surface area contributed by atoms with Crippen molar-refractivity contribution in [3.8, 4) is 11.4 Å². The Morgan fingerprint density at radius 3 is 2.95 bits per heavy atom. The van der Waals surface area contributed by atoms with Crippen LogP contribution in [0.5, 0.6) is 0 Å². The van der Waals surface area contributed by atoms with Crippen LogP contribution in [-0.4, -0.2) is 32.6 Å². The molecule has 0 aliphatic rings. The van der Waals surface area contributed by atoms with Crippen LogP contribution in [0.1, 0.15) is 19.6 Å². The summed E-state index contributed by atoms with van der Waals surface area (Å²) >= 11 is 1.32. The van der Waals surface area contributed by atoms with E-state index in [-0.39, 0.29) is 11.2 Å². The Hall–Kier alpha value is -2.02. The van der Waals surface area contributed by atoms with Gasteiger partial charge in [0.25, 0.3) is 0 Å². The average molecular weight is 321 g/mol. The number of carbonyl (C=O) groups is 1. The third kappa shape index (κ3) is 3.41. The maximum absolute atomic E-state index is 11.8. The number of allylic oxidation sites excluding steroid dienone is 1. The molecule has 0 aliphatic heterocycles. The Balaban J connectivity index is 2.29. The second-order valence-corrected chi connectivity index (χ2v) is 5.92. The molecule has 0 radical (unpaired) electrons. The van der Waals surface area contributed by atoms with Crippen molar-refractivity contribution in [2.45, 2.75) is 37.7 Å². The lowest BCUT2D eigenvalue weighted by molar-refractivity contribution is -0.142. The van der Waals surface area contributed by atoms with E-state index in [4.69, 9.17) is 9.15 Å². The normalized spacial score (nSPS) is 12.1. The Kier molecular flexibility index (Phi) is 5.43. The highest BCUT2D eigenvalue weighted by molar-refractivity contribution is 8.00. The molecule has 0 N–H and O–H groups in total. The number of hydrogen-bond donors (Lipinski definition) is 0. The molecule has 2 aromatic rings. The first-order valence-electron chi connectivity index (χ1n) is 7.00. The lowest BCUT2D eigenvalue weighted by Gasteiger charge is -2.11. The number of thioether (sulfide) groups is 1.